The first-order valence-electron chi connectivity index (χ1n) is 11.3. The van der Waals surface area contributed by atoms with Crippen LogP contribution in [0.3, 0.4) is 0 Å². The minimum atomic E-state index is -0.952. The van der Waals surface area contributed by atoms with Gasteiger partial charge in [-0.2, -0.15) is 0 Å². The van der Waals surface area contributed by atoms with Gasteiger partial charge in [0, 0.05) is 18.9 Å². The normalized spacial score (nSPS) is 12.4. The Morgan fingerprint density at radius 1 is 1.00 bits per heavy atom. The lowest BCUT2D eigenvalue weighted by molar-refractivity contribution is -0.136. The van der Waals surface area contributed by atoms with Crippen LogP contribution in [-0.2, 0) is 16.0 Å². The van der Waals surface area contributed by atoms with E-state index in [2.05, 4.69) is 29.6 Å². The number of carboxylic acids is 1. The Kier molecular flexibility index (Phi) is 7.38. The summed E-state index contributed by atoms with van der Waals surface area (Å²) in [7, 11) is 0. The van der Waals surface area contributed by atoms with Gasteiger partial charge < -0.3 is 15.2 Å². The van der Waals surface area contributed by atoms with E-state index in [1.165, 1.54) is 28.3 Å². The van der Waals surface area contributed by atoms with Crippen LogP contribution in [0.2, 0.25) is 0 Å². The maximum Gasteiger partial charge on any atom is 0.407 e. The van der Waals surface area contributed by atoms with Crippen molar-refractivity contribution in [3.05, 3.63) is 101 Å². The average Bonchev–Trinajstić information content (AvgIpc) is 3.15. The molecule has 0 radical (unpaired) electrons. The van der Waals surface area contributed by atoms with Crippen LogP contribution in [-0.4, -0.2) is 30.3 Å². The number of ether oxygens (including phenoxy) is 1. The molecule has 0 spiro atoms. The second-order valence-electron chi connectivity index (χ2n) is 8.19. The molecule has 34 heavy (non-hydrogen) atoms. The van der Waals surface area contributed by atoms with Gasteiger partial charge in [-0.05, 0) is 52.3 Å². The number of alkyl carbamates (subject to hydrolysis) is 1. The number of fused-ring (bicyclic) bond motifs is 3. The number of carbonyl (C=O) groups excluding carboxylic acids is 1. The first-order valence-corrected chi connectivity index (χ1v) is 11.3. The summed E-state index contributed by atoms with van der Waals surface area (Å²) in [5.74, 6) is -1.35. The number of carbonyl (C=O) groups is 2. The monoisotopic (exact) mass is 459 g/mol. The van der Waals surface area contributed by atoms with E-state index in [-0.39, 0.29) is 25.4 Å². The molecule has 6 heteroatoms. The van der Waals surface area contributed by atoms with Gasteiger partial charge in [0.15, 0.2) is 0 Å². The first kappa shape index (κ1) is 23.2. The Bertz CT molecular complexity index is 1180. The van der Waals surface area contributed by atoms with Crippen molar-refractivity contribution in [2.45, 2.75) is 25.2 Å². The molecule has 0 heterocycles. The molecule has 1 aliphatic rings. The topological polar surface area (TPSA) is 75.6 Å². The van der Waals surface area contributed by atoms with Crippen LogP contribution in [0.15, 0.2) is 72.8 Å². The molecule has 0 unspecified atom stereocenters. The lowest BCUT2D eigenvalue weighted by Gasteiger charge is -2.14. The molecule has 4 rings (SSSR count). The van der Waals surface area contributed by atoms with E-state index in [1.807, 2.05) is 30.3 Å². The van der Waals surface area contributed by atoms with Gasteiger partial charge in [0.25, 0.3) is 0 Å². The number of benzene rings is 3. The van der Waals surface area contributed by atoms with Crippen LogP contribution in [0.1, 0.15) is 41.0 Å². The molecule has 174 valence electrons. The predicted molar refractivity (Wildman–Crippen MR) is 129 cm³/mol. The Morgan fingerprint density at radius 3 is 2.32 bits per heavy atom. The third-order valence-corrected chi connectivity index (χ3v) is 5.92. The number of carboxylic acid groups (broad SMARTS) is 1. The number of rotatable bonds is 9. The largest absolute Gasteiger partial charge is 0.481 e. The number of amides is 1. The van der Waals surface area contributed by atoms with Crippen LogP contribution in [0.25, 0.3) is 17.2 Å². The third-order valence-electron chi connectivity index (χ3n) is 5.92. The molecule has 3 aromatic rings. The molecular weight excluding hydrogens is 433 g/mol. The number of hydrogen-bond donors (Lipinski definition) is 2. The quantitative estimate of drug-likeness (QED) is 0.398. The number of aryl methyl sites for hydroxylation is 1. The molecule has 1 aliphatic carbocycles. The smallest absolute Gasteiger partial charge is 0.407 e. The molecular formula is C28H26FNO4. The van der Waals surface area contributed by atoms with Crippen molar-refractivity contribution in [1.82, 2.24) is 5.32 Å². The lowest BCUT2D eigenvalue weighted by Crippen LogP contribution is -2.26. The second-order valence-corrected chi connectivity index (χ2v) is 8.19. The second kappa shape index (κ2) is 10.8. The summed E-state index contributed by atoms with van der Waals surface area (Å²) in [4.78, 5) is 22.8. The van der Waals surface area contributed by atoms with E-state index >= 15 is 0 Å². The number of aliphatic carboxylic acids is 1. The number of hydrogen-bond acceptors (Lipinski definition) is 3. The lowest BCUT2D eigenvalue weighted by atomic mass is 9.98. The molecule has 5 nitrogen and oxygen atoms in total. The van der Waals surface area contributed by atoms with Crippen LogP contribution >= 0.6 is 0 Å². The molecule has 1 amide bonds. The van der Waals surface area contributed by atoms with Gasteiger partial charge in [-0.1, -0.05) is 72.8 Å². The van der Waals surface area contributed by atoms with Crippen LogP contribution < -0.4 is 5.32 Å². The van der Waals surface area contributed by atoms with Crippen molar-refractivity contribution >= 4 is 18.1 Å². The van der Waals surface area contributed by atoms with E-state index in [0.29, 0.717) is 24.1 Å². The highest BCUT2D eigenvalue weighted by Gasteiger charge is 2.28. The minimum absolute atomic E-state index is 0.0198. The van der Waals surface area contributed by atoms with E-state index in [9.17, 15) is 14.0 Å². The average molecular weight is 460 g/mol. The van der Waals surface area contributed by atoms with Gasteiger partial charge in [-0.3, -0.25) is 4.79 Å². The van der Waals surface area contributed by atoms with Crippen LogP contribution in [0, 0.1) is 5.82 Å². The summed E-state index contributed by atoms with van der Waals surface area (Å²) in [5, 5.41) is 11.5. The molecule has 0 fully saturated rings. The fraction of sp³-hybridized carbons (Fsp3) is 0.214. The molecule has 0 bridgehead atoms. The summed E-state index contributed by atoms with van der Waals surface area (Å²) >= 11 is 0. The third kappa shape index (κ3) is 5.52. The summed E-state index contributed by atoms with van der Waals surface area (Å²) in [5.41, 5.74) is 5.77. The SMILES string of the molecule is O=C(O)CCc1ccc(C=CCCNC(=O)OCC2c3ccccc3-c3ccccc32)cc1F. The zero-order valence-electron chi connectivity index (χ0n) is 18.7. The molecule has 2 N–H and O–H groups in total. The maximum absolute atomic E-state index is 14.1. The minimum Gasteiger partial charge on any atom is -0.481 e. The first-order chi connectivity index (χ1) is 16.5. The molecule has 0 saturated heterocycles. The van der Waals surface area contributed by atoms with Crippen LogP contribution in [0.5, 0.6) is 0 Å². The fourth-order valence-corrected chi connectivity index (χ4v) is 4.24. The predicted octanol–water partition coefficient (Wildman–Crippen LogP) is 5.78. The summed E-state index contributed by atoms with van der Waals surface area (Å²) in [6, 6.07) is 21.1. The van der Waals surface area contributed by atoms with Gasteiger partial charge in [0.2, 0.25) is 0 Å². The van der Waals surface area contributed by atoms with Crippen molar-refractivity contribution in [3.63, 3.8) is 0 Å². The highest BCUT2D eigenvalue weighted by atomic mass is 19.1. The van der Waals surface area contributed by atoms with E-state index in [0.717, 1.165) is 0 Å². The number of nitrogens with one attached hydrogen (secondary N) is 1. The number of halogens is 1. The van der Waals surface area contributed by atoms with E-state index < -0.39 is 17.9 Å². The Morgan fingerprint density at radius 2 is 1.68 bits per heavy atom. The molecule has 3 aromatic carbocycles. The van der Waals surface area contributed by atoms with Crippen molar-refractivity contribution in [1.29, 1.82) is 0 Å². The van der Waals surface area contributed by atoms with E-state index in [1.54, 1.807) is 18.2 Å². The van der Waals surface area contributed by atoms with E-state index in [4.69, 9.17) is 9.84 Å². The van der Waals surface area contributed by atoms with Crippen molar-refractivity contribution in [3.8, 4) is 11.1 Å². The van der Waals surface area contributed by atoms with Crippen molar-refractivity contribution < 1.29 is 23.8 Å². The Hall–Kier alpha value is -3.93. The summed E-state index contributed by atoms with van der Waals surface area (Å²) in [6.45, 7) is 0.662. The Labute approximate surface area is 197 Å². The highest BCUT2D eigenvalue weighted by Crippen LogP contribution is 2.44. The standard InChI is InChI=1S/C28H26FNO4/c29-26-17-19(12-13-20(26)14-15-27(31)32)7-5-6-16-30-28(33)34-18-25-23-10-3-1-8-21(23)22-9-2-4-11-24(22)25/h1-5,7-13,17,25H,6,14-16,18H2,(H,30,33)(H,31,32). The fourth-order valence-electron chi connectivity index (χ4n) is 4.24. The van der Waals surface area contributed by atoms with Crippen molar-refractivity contribution in [2.75, 3.05) is 13.2 Å². The Balaban J connectivity index is 1.23. The van der Waals surface area contributed by atoms with Gasteiger partial charge >= 0.3 is 12.1 Å². The summed E-state index contributed by atoms with van der Waals surface area (Å²) in [6.07, 6.45) is 3.76. The zero-order chi connectivity index (χ0) is 23.9. The summed E-state index contributed by atoms with van der Waals surface area (Å²) < 4.78 is 19.6. The molecule has 0 aliphatic heterocycles. The van der Waals surface area contributed by atoms with Gasteiger partial charge in [-0.25, -0.2) is 9.18 Å². The van der Waals surface area contributed by atoms with Gasteiger partial charge in [-0.15, -0.1) is 0 Å². The highest BCUT2D eigenvalue weighted by molar-refractivity contribution is 5.79. The van der Waals surface area contributed by atoms with Crippen molar-refractivity contribution in [2.24, 2.45) is 0 Å². The van der Waals surface area contributed by atoms with Gasteiger partial charge in [0.1, 0.15) is 12.4 Å². The molecule has 0 aromatic heterocycles. The molecule has 0 atom stereocenters. The van der Waals surface area contributed by atoms with Gasteiger partial charge in [0.05, 0.1) is 0 Å². The maximum atomic E-state index is 14.1. The molecule has 0 saturated carbocycles. The zero-order valence-corrected chi connectivity index (χ0v) is 18.7. The van der Waals surface area contributed by atoms with Crippen LogP contribution in [0.4, 0.5) is 9.18 Å².